The number of hydrogen-bond acceptors (Lipinski definition) is 3. The van der Waals surface area contributed by atoms with Crippen molar-refractivity contribution in [2.24, 2.45) is 17.8 Å². The fourth-order valence-electron chi connectivity index (χ4n) is 2.53. The molecule has 1 saturated carbocycles. The summed E-state index contributed by atoms with van der Waals surface area (Å²) < 4.78 is 5.31. The lowest BCUT2D eigenvalue weighted by molar-refractivity contribution is 0.0266. The number of piperidine rings is 1. The molecule has 2 aliphatic rings. The monoisotopic (exact) mass is 222 g/mol. The Kier molecular flexibility index (Phi) is 2.57. The quantitative estimate of drug-likeness (QED) is 0.682. The van der Waals surface area contributed by atoms with Gasteiger partial charge in [0.25, 0.3) is 0 Å². The molecule has 1 heterocycles. The highest BCUT2D eigenvalue weighted by molar-refractivity contribution is 5.69. The molecule has 0 spiro atoms. The molecule has 1 saturated heterocycles. The topological polar surface area (TPSA) is 53.3 Å². The van der Waals surface area contributed by atoms with Crippen LogP contribution in [0.3, 0.4) is 0 Å². The van der Waals surface area contributed by atoms with E-state index in [0.29, 0.717) is 24.2 Å². The summed E-state index contributed by atoms with van der Waals surface area (Å²) in [5.41, 5.74) is -0.421. The molecule has 0 bridgehead atoms. The molecule has 0 unspecified atom stereocenters. The summed E-state index contributed by atoms with van der Waals surface area (Å²) >= 11 is 0. The summed E-state index contributed by atoms with van der Waals surface area (Å²) in [6, 6.07) is 2.21. The lowest BCUT2D eigenvalue weighted by Crippen LogP contribution is -2.37. The number of likely N-dealkylation sites (tertiary alicyclic amines) is 1. The smallest absolute Gasteiger partial charge is 0.410 e. The van der Waals surface area contributed by atoms with Crippen molar-refractivity contribution < 1.29 is 9.53 Å². The van der Waals surface area contributed by atoms with Crippen LogP contribution in [0, 0.1) is 29.1 Å². The molecule has 4 heteroatoms. The molecule has 0 aromatic carbocycles. The van der Waals surface area contributed by atoms with E-state index in [9.17, 15) is 4.79 Å². The van der Waals surface area contributed by atoms with E-state index in [0.717, 1.165) is 13.1 Å². The van der Waals surface area contributed by atoms with Crippen LogP contribution >= 0.6 is 0 Å². The molecule has 2 rings (SSSR count). The van der Waals surface area contributed by atoms with Gasteiger partial charge in [-0.3, -0.25) is 0 Å². The van der Waals surface area contributed by atoms with E-state index < -0.39 is 5.60 Å². The highest BCUT2D eigenvalue weighted by Crippen LogP contribution is 2.53. The number of hydrogen-bond donors (Lipinski definition) is 0. The second-order valence-corrected chi connectivity index (χ2v) is 5.74. The molecule has 3 atom stereocenters. The first-order valence-corrected chi connectivity index (χ1v) is 5.77. The zero-order valence-corrected chi connectivity index (χ0v) is 10.1. The summed E-state index contributed by atoms with van der Waals surface area (Å²) in [7, 11) is 0. The van der Waals surface area contributed by atoms with Crippen LogP contribution < -0.4 is 0 Å². The van der Waals surface area contributed by atoms with Gasteiger partial charge < -0.3 is 9.64 Å². The van der Waals surface area contributed by atoms with Crippen LogP contribution in [0.1, 0.15) is 27.2 Å². The highest BCUT2D eigenvalue weighted by Gasteiger charge is 2.56. The summed E-state index contributed by atoms with van der Waals surface area (Å²) in [6.07, 6.45) is 0.424. The SMILES string of the molecule is CC(C)(C)OC(=O)N1C[C@@H]2[C@@H](CC#N)[C@@H]2C1. The maximum absolute atomic E-state index is 11.7. The van der Waals surface area contributed by atoms with Crippen molar-refractivity contribution >= 4 is 6.09 Å². The van der Waals surface area contributed by atoms with E-state index in [2.05, 4.69) is 6.07 Å². The second-order valence-electron chi connectivity index (χ2n) is 5.74. The molecule has 0 N–H and O–H groups in total. The Morgan fingerprint density at radius 1 is 1.44 bits per heavy atom. The molecule has 1 aliphatic heterocycles. The van der Waals surface area contributed by atoms with Crippen LogP contribution in [0.2, 0.25) is 0 Å². The molecule has 16 heavy (non-hydrogen) atoms. The van der Waals surface area contributed by atoms with Gasteiger partial charge in [-0.15, -0.1) is 0 Å². The number of nitrogens with zero attached hydrogens (tertiary/aromatic N) is 2. The normalized spacial score (nSPS) is 31.9. The first-order chi connectivity index (χ1) is 7.42. The number of rotatable bonds is 1. The highest BCUT2D eigenvalue weighted by atomic mass is 16.6. The molecule has 0 radical (unpaired) electrons. The molecule has 0 aromatic rings. The molecular weight excluding hydrogens is 204 g/mol. The maximum Gasteiger partial charge on any atom is 0.410 e. The summed E-state index contributed by atoms with van der Waals surface area (Å²) in [5.74, 6) is 1.63. The average Bonchev–Trinajstić information content (AvgIpc) is 2.60. The van der Waals surface area contributed by atoms with E-state index in [4.69, 9.17) is 10.00 Å². The maximum atomic E-state index is 11.7. The third-order valence-electron chi connectivity index (χ3n) is 3.35. The Morgan fingerprint density at radius 3 is 2.44 bits per heavy atom. The minimum Gasteiger partial charge on any atom is -0.444 e. The van der Waals surface area contributed by atoms with Crippen molar-refractivity contribution in [1.29, 1.82) is 5.26 Å². The third-order valence-corrected chi connectivity index (χ3v) is 3.35. The predicted molar refractivity (Wildman–Crippen MR) is 58.5 cm³/mol. The molecular formula is C12H18N2O2. The molecule has 1 aliphatic carbocycles. The zero-order valence-electron chi connectivity index (χ0n) is 10.1. The largest absolute Gasteiger partial charge is 0.444 e. The van der Waals surface area contributed by atoms with E-state index >= 15 is 0 Å². The van der Waals surface area contributed by atoms with Crippen molar-refractivity contribution in [2.75, 3.05) is 13.1 Å². The van der Waals surface area contributed by atoms with Gasteiger partial charge in [-0.05, 0) is 38.5 Å². The summed E-state index contributed by atoms with van der Waals surface area (Å²) in [6.45, 7) is 7.17. The van der Waals surface area contributed by atoms with Crippen molar-refractivity contribution in [3.63, 3.8) is 0 Å². The lowest BCUT2D eigenvalue weighted by atomic mass is 10.2. The van der Waals surface area contributed by atoms with Gasteiger partial charge in [-0.25, -0.2) is 4.79 Å². The minimum absolute atomic E-state index is 0.213. The van der Waals surface area contributed by atoms with E-state index in [1.165, 1.54) is 0 Å². The van der Waals surface area contributed by atoms with Gasteiger partial charge in [0.15, 0.2) is 0 Å². The second kappa shape index (κ2) is 3.65. The van der Waals surface area contributed by atoms with Gasteiger partial charge in [-0.1, -0.05) is 0 Å². The Labute approximate surface area is 96.2 Å². The van der Waals surface area contributed by atoms with Gasteiger partial charge >= 0.3 is 6.09 Å². The van der Waals surface area contributed by atoms with Gasteiger partial charge in [-0.2, -0.15) is 5.26 Å². The molecule has 88 valence electrons. The van der Waals surface area contributed by atoms with Crippen LogP contribution in [-0.2, 0) is 4.74 Å². The Balaban J connectivity index is 1.81. The fourth-order valence-corrected chi connectivity index (χ4v) is 2.53. The van der Waals surface area contributed by atoms with Crippen molar-refractivity contribution in [2.45, 2.75) is 32.8 Å². The van der Waals surface area contributed by atoms with E-state index in [1.54, 1.807) is 4.90 Å². The molecule has 0 aromatic heterocycles. The van der Waals surface area contributed by atoms with Crippen molar-refractivity contribution in [3.8, 4) is 6.07 Å². The Morgan fingerprint density at radius 2 is 2.00 bits per heavy atom. The number of nitriles is 1. The van der Waals surface area contributed by atoms with Gasteiger partial charge in [0, 0.05) is 19.5 Å². The predicted octanol–water partition coefficient (Wildman–Crippen LogP) is 2.01. The van der Waals surface area contributed by atoms with Gasteiger partial charge in [0.05, 0.1) is 6.07 Å². The van der Waals surface area contributed by atoms with Crippen LogP contribution in [0.25, 0.3) is 0 Å². The number of carbonyl (C=O) groups is 1. The number of fused-ring (bicyclic) bond motifs is 1. The molecule has 1 amide bonds. The first kappa shape index (κ1) is 11.3. The number of carbonyl (C=O) groups excluding carboxylic acids is 1. The average molecular weight is 222 g/mol. The summed E-state index contributed by atoms with van der Waals surface area (Å²) in [4.78, 5) is 13.5. The lowest BCUT2D eigenvalue weighted by Gasteiger charge is -2.25. The standard InChI is InChI=1S/C12H18N2O2/c1-12(2,3)16-11(15)14-6-9-8(4-5-13)10(9)7-14/h8-10H,4,6-7H2,1-3H3/t8-,9-,10+. The molecule has 4 nitrogen and oxygen atoms in total. The number of ether oxygens (including phenoxy) is 1. The van der Waals surface area contributed by atoms with Crippen molar-refractivity contribution in [1.82, 2.24) is 4.90 Å². The third kappa shape index (κ3) is 2.13. The zero-order chi connectivity index (χ0) is 11.9. The van der Waals surface area contributed by atoms with E-state index in [1.807, 2.05) is 20.8 Å². The van der Waals surface area contributed by atoms with Crippen LogP contribution in [0.5, 0.6) is 0 Å². The van der Waals surface area contributed by atoms with Crippen LogP contribution in [-0.4, -0.2) is 29.7 Å². The molecule has 2 fully saturated rings. The van der Waals surface area contributed by atoms with Gasteiger partial charge in [0.1, 0.15) is 5.60 Å². The minimum atomic E-state index is -0.421. The summed E-state index contributed by atoms with van der Waals surface area (Å²) in [5, 5.41) is 8.60. The van der Waals surface area contributed by atoms with E-state index in [-0.39, 0.29) is 6.09 Å². The Bertz CT molecular complexity index is 328. The fraction of sp³-hybridized carbons (Fsp3) is 0.833. The Hall–Kier alpha value is -1.24. The van der Waals surface area contributed by atoms with Gasteiger partial charge in [0.2, 0.25) is 0 Å². The first-order valence-electron chi connectivity index (χ1n) is 5.77. The number of amides is 1. The van der Waals surface area contributed by atoms with Crippen LogP contribution in [0.15, 0.2) is 0 Å². The van der Waals surface area contributed by atoms with Crippen LogP contribution in [0.4, 0.5) is 4.79 Å². The van der Waals surface area contributed by atoms with Crippen molar-refractivity contribution in [3.05, 3.63) is 0 Å².